The van der Waals surface area contributed by atoms with Gasteiger partial charge in [-0.25, -0.2) is 0 Å². The number of carbonyl (C=O) groups excluding carboxylic acids is 1. The normalized spacial score (nSPS) is 26.0. The molecule has 0 aliphatic carbocycles. The first kappa shape index (κ1) is 15.8. The van der Waals surface area contributed by atoms with E-state index in [1.807, 2.05) is 11.8 Å². The lowest BCUT2D eigenvalue weighted by Crippen LogP contribution is -2.61. The van der Waals surface area contributed by atoms with Crippen LogP contribution in [0.4, 0.5) is 0 Å². The highest BCUT2D eigenvalue weighted by Gasteiger charge is 2.38. The summed E-state index contributed by atoms with van der Waals surface area (Å²) in [5, 5.41) is 3.94. The highest BCUT2D eigenvalue weighted by Crippen LogP contribution is 2.25. The molecule has 7 nitrogen and oxygen atoms in total. The zero-order chi connectivity index (χ0) is 15.5. The maximum atomic E-state index is 12.6. The number of aryl methyl sites for hydroxylation is 1. The highest BCUT2D eigenvalue weighted by molar-refractivity contribution is 7.07. The van der Waals surface area contributed by atoms with Gasteiger partial charge in [-0.3, -0.25) is 9.69 Å². The van der Waals surface area contributed by atoms with Crippen LogP contribution in [0.3, 0.4) is 0 Å². The lowest BCUT2D eigenvalue weighted by Gasteiger charge is -2.47. The van der Waals surface area contributed by atoms with Crippen molar-refractivity contribution in [3.05, 3.63) is 10.6 Å². The maximum absolute atomic E-state index is 12.6. The van der Waals surface area contributed by atoms with E-state index in [1.165, 1.54) is 11.5 Å². The van der Waals surface area contributed by atoms with Gasteiger partial charge >= 0.3 is 0 Å². The fourth-order valence-corrected chi connectivity index (χ4v) is 3.81. The number of piperidine rings is 1. The minimum absolute atomic E-state index is 0.0446. The third kappa shape index (κ3) is 3.15. The van der Waals surface area contributed by atoms with Gasteiger partial charge in [0, 0.05) is 33.3 Å². The first-order valence-electron chi connectivity index (χ1n) is 7.63. The monoisotopic (exact) mass is 326 g/mol. The number of hydrogen-bond acceptors (Lipinski definition) is 7. The van der Waals surface area contributed by atoms with Crippen LogP contribution >= 0.6 is 11.5 Å². The van der Waals surface area contributed by atoms with Crippen LogP contribution in [0.15, 0.2) is 0 Å². The second-order valence-corrected chi connectivity index (χ2v) is 6.49. The van der Waals surface area contributed by atoms with Crippen LogP contribution < -0.4 is 0 Å². The Morgan fingerprint density at radius 2 is 2.36 bits per heavy atom. The fourth-order valence-electron chi connectivity index (χ4n) is 3.18. The number of aromatic nitrogens is 2. The van der Waals surface area contributed by atoms with E-state index in [0.717, 1.165) is 32.7 Å². The van der Waals surface area contributed by atoms with Crippen molar-refractivity contribution in [3.63, 3.8) is 0 Å². The first-order chi connectivity index (χ1) is 10.7. The standard InChI is InChI=1S/C14H22N4O3S/c1-10-13(22-16-15-10)14(19)18-4-3-12-11(9-18)17(5-7-20-2)6-8-21-12/h11-12H,3-9H2,1-2H3/t11-,12+/m1/s1. The van der Waals surface area contributed by atoms with Gasteiger partial charge in [-0.15, -0.1) is 5.10 Å². The summed E-state index contributed by atoms with van der Waals surface area (Å²) in [6, 6.07) is 0.253. The zero-order valence-electron chi connectivity index (χ0n) is 13.0. The van der Waals surface area contributed by atoms with E-state index in [0.29, 0.717) is 23.7 Å². The Bertz CT molecular complexity index is 524. The summed E-state index contributed by atoms with van der Waals surface area (Å²) in [6.45, 7) is 6.50. The lowest BCUT2D eigenvalue weighted by molar-refractivity contribution is -0.101. The topological polar surface area (TPSA) is 67.8 Å². The SMILES string of the molecule is COCCN1CCO[C@H]2CCN(C(=O)c3snnc3C)C[C@H]21. The quantitative estimate of drug-likeness (QED) is 0.798. The van der Waals surface area contributed by atoms with Gasteiger partial charge in [-0.1, -0.05) is 4.49 Å². The van der Waals surface area contributed by atoms with Crippen LogP contribution in [0.1, 0.15) is 21.8 Å². The summed E-state index contributed by atoms with van der Waals surface area (Å²) in [5.41, 5.74) is 0.716. The third-order valence-corrected chi connectivity index (χ3v) is 5.23. The molecule has 1 aromatic heterocycles. The van der Waals surface area contributed by atoms with E-state index in [2.05, 4.69) is 14.5 Å². The zero-order valence-corrected chi connectivity index (χ0v) is 13.8. The summed E-state index contributed by atoms with van der Waals surface area (Å²) in [5.74, 6) is 0.0446. The van der Waals surface area contributed by atoms with Crippen LogP contribution in [0.2, 0.25) is 0 Å². The number of amides is 1. The number of rotatable bonds is 4. The minimum atomic E-state index is 0.0446. The second-order valence-electron chi connectivity index (χ2n) is 5.73. The molecule has 0 bridgehead atoms. The summed E-state index contributed by atoms with van der Waals surface area (Å²) in [6.07, 6.45) is 1.10. The molecular weight excluding hydrogens is 304 g/mol. The van der Waals surface area contributed by atoms with Crippen molar-refractivity contribution in [2.24, 2.45) is 0 Å². The van der Waals surface area contributed by atoms with Gasteiger partial charge in [0.25, 0.3) is 5.91 Å². The van der Waals surface area contributed by atoms with Crippen LogP contribution in [-0.4, -0.2) is 83.9 Å². The Kier molecular flexibility index (Phi) is 5.02. The summed E-state index contributed by atoms with van der Waals surface area (Å²) in [7, 11) is 1.72. The van der Waals surface area contributed by atoms with E-state index in [9.17, 15) is 4.79 Å². The number of hydrogen-bond donors (Lipinski definition) is 0. The number of nitrogens with zero attached hydrogens (tertiary/aromatic N) is 4. The van der Waals surface area contributed by atoms with Crippen LogP contribution in [0.25, 0.3) is 0 Å². The smallest absolute Gasteiger partial charge is 0.267 e. The number of morpholine rings is 1. The molecule has 3 heterocycles. The van der Waals surface area contributed by atoms with E-state index >= 15 is 0 Å². The van der Waals surface area contributed by atoms with Crippen molar-refractivity contribution < 1.29 is 14.3 Å². The lowest BCUT2D eigenvalue weighted by atomic mass is 9.98. The molecule has 2 aliphatic heterocycles. The number of carbonyl (C=O) groups is 1. The fraction of sp³-hybridized carbons (Fsp3) is 0.786. The average molecular weight is 326 g/mol. The molecule has 2 aliphatic rings. The van der Waals surface area contributed by atoms with Gasteiger partial charge < -0.3 is 14.4 Å². The second kappa shape index (κ2) is 6.99. The first-order valence-corrected chi connectivity index (χ1v) is 8.41. The van der Waals surface area contributed by atoms with Crippen LogP contribution in [0, 0.1) is 6.92 Å². The van der Waals surface area contributed by atoms with E-state index in [-0.39, 0.29) is 18.1 Å². The molecule has 2 atom stereocenters. The molecule has 2 saturated heterocycles. The Labute approximate surface area is 134 Å². The molecule has 0 aromatic carbocycles. The van der Waals surface area contributed by atoms with Crippen molar-refractivity contribution in [2.45, 2.75) is 25.5 Å². The van der Waals surface area contributed by atoms with Gasteiger partial charge in [0.15, 0.2) is 0 Å². The molecule has 0 saturated carbocycles. The Morgan fingerprint density at radius 1 is 1.50 bits per heavy atom. The number of ether oxygens (including phenoxy) is 2. The molecule has 22 heavy (non-hydrogen) atoms. The van der Waals surface area contributed by atoms with Gasteiger partial charge in [0.2, 0.25) is 0 Å². The van der Waals surface area contributed by atoms with Gasteiger partial charge in [0.1, 0.15) is 4.88 Å². The Balaban J connectivity index is 1.69. The molecule has 0 radical (unpaired) electrons. The van der Waals surface area contributed by atoms with Gasteiger partial charge in [-0.2, -0.15) is 0 Å². The van der Waals surface area contributed by atoms with Crippen molar-refractivity contribution in [1.29, 1.82) is 0 Å². The van der Waals surface area contributed by atoms with Crippen molar-refractivity contribution in [3.8, 4) is 0 Å². The van der Waals surface area contributed by atoms with Crippen LogP contribution in [0.5, 0.6) is 0 Å². The van der Waals surface area contributed by atoms with E-state index < -0.39 is 0 Å². The molecule has 2 fully saturated rings. The largest absolute Gasteiger partial charge is 0.383 e. The summed E-state index contributed by atoms with van der Waals surface area (Å²) >= 11 is 1.18. The average Bonchev–Trinajstić information content (AvgIpc) is 2.97. The van der Waals surface area contributed by atoms with Gasteiger partial charge in [-0.05, 0) is 24.9 Å². The Morgan fingerprint density at radius 3 is 3.09 bits per heavy atom. The molecule has 122 valence electrons. The molecule has 0 N–H and O–H groups in total. The Hall–Kier alpha value is -1.09. The van der Waals surface area contributed by atoms with Crippen molar-refractivity contribution in [1.82, 2.24) is 19.4 Å². The van der Waals surface area contributed by atoms with E-state index in [1.54, 1.807) is 7.11 Å². The summed E-state index contributed by atoms with van der Waals surface area (Å²) < 4.78 is 15.0. The number of fused-ring (bicyclic) bond motifs is 1. The molecular formula is C14H22N4O3S. The van der Waals surface area contributed by atoms with Crippen LogP contribution in [-0.2, 0) is 9.47 Å². The molecule has 0 spiro atoms. The van der Waals surface area contributed by atoms with Gasteiger partial charge in [0.05, 0.1) is 31.1 Å². The third-order valence-electron chi connectivity index (χ3n) is 4.42. The van der Waals surface area contributed by atoms with Crippen molar-refractivity contribution in [2.75, 3.05) is 46.5 Å². The summed E-state index contributed by atoms with van der Waals surface area (Å²) in [4.78, 5) is 17.6. The predicted molar refractivity (Wildman–Crippen MR) is 82.1 cm³/mol. The molecule has 1 amide bonds. The predicted octanol–water partition coefficient (Wildman–Crippen LogP) is 0.408. The highest BCUT2D eigenvalue weighted by atomic mass is 32.1. The molecule has 0 unspecified atom stereocenters. The maximum Gasteiger partial charge on any atom is 0.267 e. The van der Waals surface area contributed by atoms with Crippen molar-refractivity contribution >= 4 is 17.4 Å². The minimum Gasteiger partial charge on any atom is -0.383 e. The molecule has 1 aromatic rings. The number of methoxy groups -OCH3 is 1. The van der Waals surface area contributed by atoms with E-state index in [4.69, 9.17) is 9.47 Å². The molecule has 8 heteroatoms. The number of likely N-dealkylation sites (tertiary alicyclic amines) is 1. The molecule has 3 rings (SSSR count).